The largest absolute Gasteiger partial charge is 0.350 e. The predicted molar refractivity (Wildman–Crippen MR) is 83.6 cm³/mol. The quantitative estimate of drug-likeness (QED) is 0.775. The van der Waals surface area contributed by atoms with E-state index in [-0.39, 0.29) is 36.8 Å². The van der Waals surface area contributed by atoms with Gasteiger partial charge in [0.1, 0.15) is 0 Å². The Bertz CT molecular complexity index is 475. The molecule has 0 atom stereocenters. The Kier molecular flexibility index (Phi) is 7.87. The molecule has 0 aliphatic heterocycles. The molecule has 0 aromatic heterocycles. The van der Waals surface area contributed by atoms with Gasteiger partial charge in [-0.3, -0.25) is 9.59 Å². The van der Waals surface area contributed by atoms with E-state index in [1.165, 1.54) is 0 Å². The summed E-state index contributed by atoms with van der Waals surface area (Å²) in [6.45, 7) is 5.94. The van der Waals surface area contributed by atoms with Crippen LogP contribution in [0.15, 0.2) is 18.2 Å². The first kappa shape index (κ1) is 18.4. The molecule has 0 aliphatic rings. The monoisotopic (exact) mass is 299 g/mol. The first-order valence-corrected chi connectivity index (χ1v) is 6.30. The average molecular weight is 300 g/mol. The van der Waals surface area contributed by atoms with Gasteiger partial charge in [0.05, 0.1) is 6.54 Å². The molecule has 0 saturated carbocycles. The van der Waals surface area contributed by atoms with Gasteiger partial charge in [0.15, 0.2) is 0 Å². The van der Waals surface area contributed by atoms with Gasteiger partial charge >= 0.3 is 0 Å². The second-order valence-corrected chi connectivity index (χ2v) is 4.74. The van der Waals surface area contributed by atoms with Crippen LogP contribution in [-0.2, 0) is 4.79 Å². The molecule has 0 bridgehead atoms. The Labute approximate surface area is 125 Å². The van der Waals surface area contributed by atoms with E-state index >= 15 is 0 Å². The Morgan fingerprint density at radius 3 is 2.40 bits per heavy atom. The van der Waals surface area contributed by atoms with Crippen molar-refractivity contribution in [2.75, 3.05) is 18.9 Å². The molecule has 0 spiro atoms. The highest BCUT2D eigenvalue weighted by molar-refractivity contribution is 5.97. The number of amides is 2. The molecule has 1 aromatic carbocycles. The van der Waals surface area contributed by atoms with E-state index < -0.39 is 0 Å². The zero-order valence-corrected chi connectivity index (χ0v) is 13.1. The van der Waals surface area contributed by atoms with Gasteiger partial charge in [-0.1, -0.05) is 0 Å². The molecule has 0 radical (unpaired) electrons. The molecule has 0 saturated heterocycles. The van der Waals surface area contributed by atoms with Crippen LogP contribution in [0, 0.1) is 6.92 Å². The Morgan fingerprint density at radius 1 is 1.25 bits per heavy atom. The Morgan fingerprint density at radius 2 is 1.90 bits per heavy atom. The van der Waals surface area contributed by atoms with E-state index in [1.807, 2.05) is 20.8 Å². The normalized spacial score (nSPS) is 9.85. The number of likely N-dealkylation sites (N-methyl/N-ethyl adjacent to an activating group) is 1. The van der Waals surface area contributed by atoms with E-state index in [0.717, 1.165) is 5.56 Å². The SMILES string of the molecule is CNCC(=O)Nc1ccc(C(=O)NC(C)C)c(C)c1.Cl. The van der Waals surface area contributed by atoms with Crippen LogP contribution in [0.4, 0.5) is 5.69 Å². The molecular weight excluding hydrogens is 278 g/mol. The third-order valence-corrected chi connectivity index (χ3v) is 2.51. The fraction of sp³-hybridized carbons (Fsp3) is 0.429. The van der Waals surface area contributed by atoms with E-state index in [0.29, 0.717) is 11.3 Å². The van der Waals surface area contributed by atoms with Gasteiger partial charge in [0, 0.05) is 17.3 Å². The summed E-state index contributed by atoms with van der Waals surface area (Å²) < 4.78 is 0. The minimum Gasteiger partial charge on any atom is -0.350 e. The fourth-order valence-electron chi connectivity index (χ4n) is 1.70. The van der Waals surface area contributed by atoms with Gasteiger partial charge in [-0.05, 0) is 51.6 Å². The van der Waals surface area contributed by atoms with Crippen LogP contribution in [0.5, 0.6) is 0 Å². The molecule has 0 fully saturated rings. The van der Waals surface area contributed by atoms with Crippen LogP contribution in [-0.4, -0.2) is 31.4 Å². The van der Waals surface area contributed by atoms with Gasteiger partial charge < -0.3 is 16.0 Å². The minimum absolute atomic E-state index is 0. The van der Waals surface area contributed by atoms with Gasteiger partial charge in [0.2, 0.25) is 5.91 Å². The van der Waals surface area contributed by atoms with Crippen molar-refractivity contribution in [1.82, 2.24) is 10.6 Å². The number of anilines is 1. The summed E-state index contributed by atoms with van der Waals surface area (Å²) in [5.74, 6) is -0.207. The molecule has 20 heavy (non-hydrogen) atoms. The maximum Gasteiger partial charge on any atom is 0.251 e. The first-order chi connectivity index (χ1) is 8.93. The summed E-state index contributed by atoms with van der Waals surface area (Å²) in [6, 6.07) is 5.35. The summed E-state index contributed by atoms with van der Waals surface area (Å²) in [5, 5.41) is 8.38. The molecule has 2 amide bonds. The zero-order valence-electron chi connectivity index (χ0n) is 12.2. The average Bonchev–Trinajstić information content (AvgIpc) is 2.27. The lowest BCUT2D eigenvalue weighted by Crippen LogP contribution is -2.30. The minimum atomic E-state index is -0.110. The van der Waals surface area contributed by atoms with Crippen molar-refractivity contribution >= 4 is 29.9 Å². The molecule has 1 rings (SSSR count). The summed E-state index contributed by atoms with van der Waals surface area (Å²) in [6.07, 6.45) is 0. The molecule has 0 heterocycles. The van der Waals surface area contributed by atoms with Crippen molar-refractivity contribution in [3.63, 3.8) is 0 Å². The molecule has 0 unspecified atom stereocenters. The van der Waals surface area contributed by atoms with Crippen LogP contribution in [0.1, 0.15) is 29.8 Å². The highest BCUT2D eigenvalue weighted by Gasteiger charge is 2.11. The summed E-state index contributed by atoms with van der Waals surface area (Å²) >= 11 is 0. The van der Waals surface area contributed by atoms with Gasteiger partial charge in [0.25, 0.3) is 5.91 Å². The number of hydrogen-bond acceptors (Lipinski definition) is 3. The van der Waals surface area contributed by atoms with Crippen molar-refractivity contribution < 1.29 is 9.59 Å². The molecule has 0 aliphatic carbocycles. The van der Waals surface area contributed by atoms with Crippen molar-refractivity contribution in [3.8, 4) is 0 Å². The van der Waals surface area contributed by atoms with Crippen molar-refractivity contribution in [2.45, 2.75) is 26.8 Å². The summed E-state index contributed by atoms with van der Waals surface area (Å²) in [4.78, 5) is 23.3. The third kappa shape index (κ3) is 5.59. The zero-order chi connectivity index (χ0) is 14.4. The second-order valence-electron chi connectivity index (χ2n) is 4.74. The van der Waals surface area contributed by atoms with Crippen LogP contribution >= 0.6 is 12.4 Å². The van der Waals surface area contributed by atoms with Crippen LogP contribution in [0.3, 0.4) is 0 Å². The van der Waals surface area contributed by atoms with Crippen LogP contribution in [0.25, 0.3) is 0 Å². The molecular formula is C14H22ClN3O2. The number of hydrogen-bond donors (Lipinski definition) is 3. The smallest absolute Gasteiger partial charge is 0.251 e. The van der Waals surface area contributed by atoms with E-state index in [2.05, 4.69) is 16.0 Å². The first-order valence-electron chi connectivity index (χ1n) is 6.30. The number of carbonyl (C=O) groups is 2. The molecule has 1 aromatic rings. The summed E-state index contributed by atoms with van der Waals surface area (Å²) in [5.41, 5.74) is 2.15. The van der Waals surface area contributed by atoms with Gasteiger partial charge in [-0.2, -0.15) is 0 Å². The molecule has 3 N–H and O–H groups in total. The Hall–Kier alpha value is -1.59. The summed E-state index contributed by atoms with van der Waals surface area (Å²) in [7, 11) is 1.71. The fourth-order valence-corrected chi connectivity index (χ4v) is 1.70. The Balaban J connectivity index is 0.00000361. The van der Waals surface area contributed by atoms with E-state index in [1.54, 1.807) is 25.2 Å². The molecule has 6 heteroatoms. The van der Waals surface area contributed by atoms with Crippen molar-refractivity contribution in [2.24, 2.45) is 0 Å². The van der Waals surface area contributed by atoms with E-state index in [4.69, 9.17) is 0 Å². The number of carbonyl (C=O) groups excluding carboxylic acids is 2. The number of halogens is 1. The van der Waals surface area contributed by atoms with Crippen molar-refractivity contribution in [3.05, 3.63) is 29.3 Å². The number of nitrogens with one attached hydrogen (secondary N) is 3. The highest BCUT2D eigenvalue weighted by atomic mass is 35.5. The maximum absolute atomic E-state index is 11.9. The van der Waals surface area contributed by atoms with Gasteiger partial charge in [-0.25, -0.2) is 0 Å². The topological polar surface area (TPSA) is 70.2 Å². The standard InChI is InChI=1S/C14H21N3O2.ClH/c1-9(2)16-14(19)12-6-5-11(7-10(12)3)17-13(18)8-15-4;/h5-7,9,15H,8H2,1-4H3,(H,16,19)(H,17,18);1H. The third-order valence-electron chi connectivity index (χ3n) is 2.51. The van der Waals surface area contributed by atoms with E-state index in [9.17, 15) is 9.59 Å². The lowest BCUT2D eigenvalue weighted by Gasteiger charge is -2.12. The van der Waals surface area contributed by atoms with Gasteiger partial charge in [-0.15, -0.1) is 12.4 Å². The highest BCUT2D eigenvalue weighted by Crippen LogP contribution is 2.15. The van der Waals surface area contributed by atoms with Crippen LogP contribution < -0.4 is 16.0 Å². The molecule has 112 valence electrons. The molecule has 5 nitrogen and oxygen atoms in total. The number of rotatable bonds is 5. The van der Waals surface area contributed by atoms with Crippen LogP contribution in [0.2, 0.25) is 0 Å². The lowest BCUT2D eigenvalue weighted by atomic mass is 10.1. The predicted octanol–water partition coefficient (Wildman–Crippen LogP) is 1.71. The number of aryl methyl sites for hydroxylation is 1. The maximum atomic E-state index is 11.9. The van der Waals surface area contributed by atoms with Crippen molar-refractivity contribution in [1.29, 1.82) is 0 Å². The number of benzene rings is 1. The second kappa shape index (κ2) is 8.55. The lowest BCUT2D eigenvalue weighted by molar-refractivity contribution is -0.115.